The van der Waals surface area contributed by atoms with E-state index in [1.807, 2.05) is 18.2 Å². The molecule has 0 saturated carbocycles. The molecule has 0 amide bonds. The maximum absolute atomic E-state index is 9.35. The van der Waals surface area contributed by atoms with Crippen molar-refractivity contribution in [3.8, 4) is 0 Å². The van der Waals surface area contributed by atoms with Gasteiger partial charge in [-0.25, -0.2) is 0 Å². The highest BCUT2D eigenvalue weighted by atomic mass is 16.9. The standard InChI is InChI=1S/C9H9NO3/c11-8-6-13-10(12)9(8)7-4-2-1-3-5-7/h1-6,9,11-12H. The minimum Gasteiger partial charge on any atom is -0.507 e. The van der Waals surface area contributed by atoms with Crippen LogP contribution in [0.15, 0.2) is 42.4 Å². The van der Waals surface area contributed by atoms with E-state index in [2.05, 4.69) is 4.84 Å². The minimum absolute atomic E-state index is 0.00583. The normalized spacial score (nSPS) is 22.5. The Kier molecular flexibility index (Phi) is 1.92. The lowest BCUT2D eigenvalue weighted by Crippen LogP contribution is -2.19. The summed E-state index contributed by atoms with van der Waals surface area (Å²) in [6.07, 6.45) is 1.11. The Bertz CT molecular complexity index is 323. The lowest BCUT2D eigenvalue weighted by molar-refractivity contribution is -0.316. The van der Waals surface area contributed by atoms with Gasteiger partial charge in [0, 0.05) is 0 Å². The van der Waals surface area contributed by atoms with Crippen molar-refractivity contribution in [3.05, 3.63) is 47.9 Å². The summed E-state index contributed by atoms with van der Waals surface area (Å²) in [7, 11) is 0. The third-order valence-electron chi connectivity index (χ3n) is 1.90. The Morgan fingerprint density at radius 2 is 1.92 bits per heavy atom. The van der Waals surface area contributed by atoms with Gasteiger partial charge in [0.2, 0.25) is 0 Å². The van der Waals surface area contributed by atoms with Gasteiger partial charge in [0.15, 0.2) is 18.1 Å². The molecule has 0 saturated heterocycles. The topological polar surface area (TPSA) is 52.9 Å². The minimum atomic E-state index is -0.610. The Labute approximate surface area is 75.2 Å². The van der Waals surface area contributed by atoms with E-state index in [4.69, 9.17) is 0 Å². The fourth-order valence-electron chi connectivity index (χ4n) is 1.28. The summed E-state index contributed by atoms with van der Waals surface area (Å²) in [6, 6.07) is 8.51. The number of hydrogen-bond donors (Lipinski definition) is 2. The third-order valence-corrected chi connectivity index (χ3v) is 1.90. The van der Waals surface area contributed by atoms with E-state index < -0.39 is 6.04 Å². The van der Waals surface area contributed by atoms with Gasteiger partial charge in [-0.3, -0.25) is 5.21 Å². The molecular formula is C9H9NO3. The van der Waals surface area contributed by atoms with Crippen LogP contribution >= 0.6 is 0 Å². The van der Waals surface area contributed by atoms with Crippen LogP contribution < -0.4 is 0 Å². The van der Waals surface area contributed by atoms with Crippen molar-refractivity contribution in [2.24, 2.45) is 0 Å². The molecular weight excluding hydrogens is 170 g/mol. The molecule has 0 radical (unpaired) electrons. The van der Waals surface area contributed by atoms with Gasteiger partial charge in [-0.2, -0.15) is 0 Å². The van der Waals surface area contributed by atoms with Crippen molar-refractivity contribution in [3.63, 3.8) is 0 Å². The molecule has 68 valence electrons. The molecule has 1 aromatic rings. The molecule has 0 spiro atoms. The zero-order valence-corrected chi connectivity index (χ0v) is 6.79. The highest BCUT2D eigenvalue weighted by Crippen LogP contribution is 2.30. The van der Waals surface area contributed by atoms with Crippen LogP contribution in [0.3, 0.4) is 0 Å². The van der Waals surface area contributed by atoms with Gasteiger partial charge in [-0.1, -0.05) is 30.3 Å². The average Bonchev–Trinajstić information content (AvgIpc) is 2.48. The van der Waals surface area contributed by atoms with E-state index in [0.717, 1.165) is 11.8 Å². The summed E-state index contributed by atoms with van der Waals surface area (Å²) < 4.78 is 0. The van der Waals surface area contributed by atoms with E-state index in [-0.39, 0.29) is 5.76 Å². The van der Waals surface area contributed by atoms with Crippen molar-refractivity contribution in [1.82, 2.24) is 5.23 Å². The van der Waals surface area contributed by atoms with Crippen LogP contribution in [-0.2, 0) is 4.84 Å². The molecule has 1 atom stereocenters. The summed E-state index contributed by atoms with van der Waals surface area (Å²) in [5, 5.41) is 19.2. The van der Waals surface area contributed by atoms with Gasteiger partial charge in [0.1, 0.15) is 0 Å². The smallest absolute Gasteiger partial charge is 0.159 e. The first-order valence-corrected chi connectivity index (χ1v) is 3.88. The second-order valence-corrected chi connectivity index (χ2v) is 2.76. The zero-order valence-electron chi connectivity index (χ0n) is 6.79. The number of benzene rings is 1. The van der Waals surface area contributed by atoms with Crippen LogP contribution in [0.5, 0.6) is 0 Å². The second-order valence-electron chi connectivity index (χ2n) is 2.76. The van der Waals surface area contributed by atoms with Crippen molar-refractivity contribution >= 4 is 0 Å². The lowest BCUT2D eigenvalue weighted by Gasteiger charge is -2.15. The van der Waals surface area contributed by atoms with E-state index in [1.165, 1.54) is 0 Å². The zero-order chi connectivity index (χ0) is 9.26. The summed E-state index contributed by atoms with van der Waals surface area (Å²) >= 11 is 0. The summed E-state index contributed by atoms with van der Waals surface area (Å²) in [5.41, 5.74) is 0.774. The van der Waals surface area contributed by atoms with Crippen LogP contribution in [0, 0.1) is 0 Å². The number of aliphatic hydroxyl groups is 1. The van der Waals surface area contributed by atoms with Gasteiger partial charge in [-0.15, -0.1) is 0 Å². The second kappa shape index (κ2) is 3.08. The molecule has 1 heterocycles. The average molecular weight is 179 g/mol. The Hall–Kier alpha value is -1.52. The number of hydroxylamine groups is 2. The van der Waals surface area contributed by atoms with Gasteiger partial charge in [-0.05, 0) is 10.8 Å². The molecule has 1 unspecified atom stereocenters. The molecule has 0 aromatic heterocycles. The molecule has 1 aliphatic rings. The van der Waals surface area contributed by atoms with Crippen molar-refractivity contribution in [2.75, 3.05) is 0 Å². The Morgan fingerprint density at radius 1 is 1.23 bits per heavy atom. The highest BCUT2D eigenvalue weighted by molar-refractivity contribution is 5.25. The maximum Gasteiger partial charge on any atom is 0.159 e. The number of hydrogen-bond acceptors (Lipinski definition) is 4. The summed E-state index contributed by atoms with van der Waals surface area (Å²) in [6.45, 7) is 0. The van der Waals surface area contributed by atoms with E-state index in [0.29, 0.717) is 5.23 Å². The summed E-state index contributed by atoms with van der Waals surface area (Å²) in [5.74, 6) is -0.00583. The van der Waals surface area contributed by atoms with Crippen LogP contribution in [0.4, 0.5) is 0 Å². The molecule has 4 nitrogen and oxygen atoms in total. The van der Waals surface area contributed by atoms with Gasteiger partial charge in [0.25, 0.3) is 0 Å². The Balaban J connectivity index is 2.31. The molecule has 0 fully saturated rings. The van der Waals surface area contributed by atoms with E-state index in [1.54, 1.807) is 12.1 Å². The number of nitrogens with zero attached hydrogens (tertiary/aromatic N) is 1. The fourth-order valence-corrected chi connectivity index (χ4v) is 1.28. The first-order chi connectivity index (χ1) is 6.29. The number of aliphatic hydroxyl groups excluding tert-OH is 1. The first-order valence-electron chi connectivity index (χ1n) is 3.88. The van der Waals surface area contributed by atoms with Crippen LogP contribution in [0.2, 0.25) is 0 Å². The SMILES string of the molecule is OC1=CON(O)C1c1ccccc1. The third kappa shape index (κ3) is 1.37. The van der Waals surface area contributed by atoms with Gasteiger partial charge < -0.3 is 9.94 Å². The van der Waals surface area contributed by atoms with Crippen molar-refractivity contribution in [1.29, 1.82) is 0 Å². The van der Waals surface area contributed by atoms with Crippen molar-refractivity contribution in [2.45, 2.75) is 6.04 Å². The monoisotopic (exact) mass is 179 g/mol. The molecule has 2 N–H and O–H groups in total. The number of rotatable bonds is 1. The van der Waals surface area contributed by atoms with E-state index >= 15 is 0 Å². The maximum atomic E-state index is 9.35. The Morgan fingerprint density at radius 3 is 2.46 bits per heavy atom. The largest absolute Gasteiger partial charge is 0.507 e. The van der Waals surface area contributed by atoms with Gasteiger partial charge in [0.05, 0.1) is 0 Å². The van der Waals surface area contributed by atoms with Crippen LogP contribution in [0.1, 0.15) is 11.6 Å². The molecule has 2 rings (SSSR count). The predicted octanol–water partition coefficient (Wildman–Crippen LogP) is 1.76. The predicted molar refractivity (Wildman–Crippen MR) is 44.6 cm³/mol. The fraction of sp³-hybridized carbons (Fsp3) is 0.111. The lowest BCUT2D eigenvalue weighted by atomic mass is 10.1. The molecule has 0 bridgehead atoms. The van der Waals surface area contributed by atoms with Crippen LogP contribution in [0.25, 0.3) is 0 Å². The quantitative estimate of drug-likeness (QED) is 0.689. The molecule has 1 aliphatic heterocycles. The highest BCUT2D eigenvalue weighted by Gasteiger charge is 2.29. The van der Waals surface area contributed by atoms with Crippen LogP contribution in [-0.4, -0.2) is 15.5 Å². The first kappa shape index (κ1) is 8.10. The molecule has 0 aliphatic carbocycles. The van der Waals surface area contributed by atoms with Gasteiger partial charge >= 0.3 is 0 Å². The van der Waals surface area contributed by atoms with Crippen molar-refractivity contribution < 1.29 is 15.2 Å². The summed E-state index contributed by atoms with van der Waals surface area (Å²) in [4.78, 5) is 4.61. The van der Waals surface area contributed by atoms with E-state index in [9.17, 15) is 10.3 Å². The molecule has 1 aromatic carbocycles. The molecule has 4 heteroatoms. The molecule has 13 heavy (non-hydrogen) atoms.